The summed E-state index contributed by atoms with van der Waals surface area (Å²) in [5, 5.41) is 0.280. The first-order valence-electron chi connectivity index (χ1n) is 9.99. The van der Waals surface area contributed by atoms with Gasteiger partial charge in [-0.15, -0.1) is 12.4 Å². The van der Waals surface area contributed by atoms with Gasteiger partial charge < -0.3 is 14.0 Å². The third-order valence-electron chi connectivity index (χ3n) is 5.04. The van der Waals surface area contributed by atoms with E-state index in [1.54, 1.807) is 30.7 Å². The number of halogens is 3. The van der Waals surface area contributed by atoms with Gasteiger partial charge in [-0.3, -0.25) is 9.69 Å². The molecule has 1 atom stereocenters. The highest BCUT2D eigenvalue weighted by molar-refractivity contribution is 7.22. The van der Waals surface area contributed by atoms with Crippen molar-refractivity contribution in [2.45, 2.75) is 19.1 Å². The van der Waals surface area contributed by atoms with Crippen LogP contribution >= 0.6 is 23.7 Å². The van der Waals surface area contributed by atoms with Gasteiger partial charge in [-0.05, 0) is 24.6 Å². The van der Waals surface area contributed by atoms with Crippen LogP contribution in [-0.2, 0) is 11.3 Å². The SMILES string of the molecule is Cl.O=C(C1COc2ccccc2O1)N(CCCn1ccnc1)c1nc2c(F)cc(F)cc2s1. The van der Waals surface area contributed by atoms with Crippen LogP contribution < -0.4 is 14.4 Å². The molecule has 0 saturated carbocycles. The van der Waals surface area contributed by atoms with Crippen LogP contribution in [0.15, 0.2) is 55.1 Å². The third kappa shape index (κ3) is 4.76. The number of benzene rings is 2. The van der Waals surface area contributed by atoms with Gasteiger partial charge >= 0.3 is 0 Å². The summed E-state index contributed by atoms with van der Waals surface area (Å²) in [6, 6.07) is 9.11. The predicted molar refractivity (Wildman–Crippen MR) is 122 cm³/mol. The molecule has 3 heterocycles. The van der Waals surface area contributed by atoms with Crippen LogP contribution in [0, 0.1) is 11.6 Å². The molecule has 172 valence electrons. The van der Waals surface area contributed by atoms with Crippen LogP contribution in [0.1, 0.15) is 6.42 Å². The average molecular weight is 493 g/mol. The van der Waals surface area contributed by atoms with Crippen molar-refractivity contribution in [2.24, 2.45) is 0 Å². The van der Waals surface area contributed by atoms with Crippen molar-refractivity contribution < 1.29 is 23.0 Å². The molecule has 7 nitrogen and oxygen atoms in total. The van der Waals surface area contributed by atoms with Crippen LogP contribution in [0.5, 0.6) is 11.5 Å². The van der Waals surface area contributed by atoms with Crippen molar-refractivity contribution in [1.82, 2.24) is 14.5 Å². The molecular weight excluding hydrogens is 474 g/mol. The molecule has 1 amide bonds. The van der Waals surface area contributed by atoms with Crippen molar-refractivity contribution in [3.05, 3.63) is 66.8 Å². The van der Waals surface area contributed by atoms with E-state index in [4.69, 9.17) is 9.47 Å². The van der Waals surface area contributed by atoms with E-state index in [0.717, 1.165) is 17.4 Å². The molecule has 2 aromatic heterocycles. The highest BCUT2D eigenvalue weighted by atomic mass is 35.5. The van der Waals surface area contributed by atoms with Crippen LogP contribution in [0.25, 0.3) is 10.2 Å². The second-order valence-electron chi connectivity index (χ2n) is 7.24. The zero-order chi connectivity index (χ0) is 22.1. The van der Waals surface area contributed by atoms with E-state index >= 15 is 0 Å². The Labute approximate surface area is 198 Å². The minimum absolute atomic E-state index is 0. The second-order valence-corrected chi connectivity index (χ2v) is 8.25. The van der Waals surface area contributed by atoms with Crippen LogP contribution in [0.2, 0.25) is 0 Å². The Bertz CT molecular complexity index is 1270. The number of carbonyl (C=O) groups is 1. The van der Waals surface area contributed by atoms with E-state index in [1.807, 2.05) is 16.8 Å². The van der Waals surface area contributed by atoms with Gasteiger partial charge in [-0.25, -0.2) is 18.7 Å². The molecule has 2 aromatic carbocycles. The number of hydrogen-bond acceptors (Lipinski definition) is 6. The monoisotopic (exact) mass is 492 g/mol. The number of para-hydroxylation sites is 2. The lowest BCUT2D eigenvalue weighted by Gasteiger charge is -2.29. The Morgan fingerprint density at radius 3 is 2.85 bits per heavy atom. The molecule has 1 aliphatic rings. The van der Waals surface area contributed by atoms with E-state index in [9.17, 15) is 13.6 Å². The van der Waals surface area contributed by atoms with Crippen molar-refractivity contribution in [2.75, 3.05) is 18.1 Å². The topological polar surface area (TPSA) is 69.5 Å². The maximum Gasteiger partial charge on any atom is 0.273 e. The molecule has 0 saturated heterocycles. The number of aryl methyl sites for hydroxylation is 1. The molecule has 0 fully saturated rings. The maximum atomic E-state index is 14.2. The number of fused-ring (bicyclic) bond motifs is 2. The van der Waals surface area contributed by atoms with Gasteiger partial charge in [-0.2, -0.15) is 0 Å². The Morgan fingerprint density at radius 1 is 1.24 bits per heavy atom. The van der Waals surface area contributed by atoms with E-state index in [1.165, 1.54) is 11.0 Å². The zero-order valence-corrected chi connectivity index (χ0v) is 18.8. The molecule has 1 aliphatic heterocycles. The molecule has 33 heavy (non-hydrogen) atoms. The van der Waals surface area contributed by atoms with E-state index in [2.05, 4.69) is 9.97 Å². The number of nitrogens with zero attached hydrogens (tertiary/aromatic N) is 4. The van der Waals surface area contributed by atoms with Crippen molar-refractivity contribution in [3.63, 3.8) is 0 Å². The first-order chi connectivity index (χ1) is 15.6. The third-order valence-corrected chi connectivity index (χ3v) is 6.07. The van der Waals surface area contributed by atoms with Crippen molar-refractivity contribution in [1.29, 1.82) is 0 Å². The molecule has 0 spiro atoms. The van der Waals surface area contributed by atoms with Gasteiger partial charge in [0.2, 0.25) is 6.10 Å². The van der Waals surface area contributed by atoms with Crippen molar-refractivity contribution >= 4 is 45.0 Å². The molecule has 0 aliphatic carbocycles. The smallest absolute Gasteiger partial charge is 0.273 e. The molecule has 0 bridgehead atoms. The first-order valence-corrected chi connectivity index (χ1v) is 10.8. The van der Waals surface area contributed by atoms with Gasteiger partial charge in [0, 0.05) is 31.5 Å². The summed E-state index contributed by atoms with van der Waals surface area (Å²) in [5.41, 5.74) is 0.0324. The molecule has 11 heteroatoms. The lowest BCUT2D eigenvalue weighted by atomic mass is 10.2. The van der Waals surface area contributed by atoms with Crippen LogP contribution in [0.4, 0.5) is 13.9 Å². The molecule has 0 N–H and O–H groups in total. The minimum atomic E-state index is -0.883. The Morgan fingerprint density at radius 2 is 2.06 bits per heavy atom. The van der Waals surface area contributed by atoms with Gasteiger partial charge in [-0.1, -0.05) is 23.5 Å². The van der Waals surface area contributed by atoms with Gasteiger partial charge in [0.05, 0.1) is 11.0 Å². The Balaban J connectivity index is 0.00000259. The number of ether oxygens (including phenoxy) is 2. The molecule has 1 unspecified atom stereocenters. The van der Waals surface area contributed by atoms with Gasteiger partial charge in [0.25, 0.3) is 5.91 Å². The van der Waals surface area contributed by atoms with E-state index < -0.39 is 17.7 Å². The number of amides is 1. The fourth-order valence-corrected chi connectivity index (χ4v) is 4.54. The molecule has 4 aromatic rings. The van der Waals surface area contributed by atoms with E-state index in [0.29, 0.717) is 35.7 Å². The van der Waals surface area contributed by atoms with Gasteiger partial charge in [0.1, 0.15) is 17.9 Å². The summed E-state index contributed by atoms with van der Waals surface area (Å²) in [6.45, 7) is 0.979. The molecule has 5 rings (SSSR count). The largest absolute Gasteiger partial charge is 0.485 e. The standard InChI is InChI=1S/C22H18F2N4O3S.ClH/c23-14-10-15(24)20-19(11-14)32-22(26-20)28(8-3-7-27-9-6-25-13-27)21(29)18-12-30-16-4-1-2-5-17(16)31-18;/h1-2,4-6,9-11,13,18H,3,7-8,12H2;1H. The summed E-state index contributed by atoms with van der Waals surface area (Å²) >= 11 is 1.06. The highest BCUT2D eigenvalue weighted by Crippen LogP contribution is 2.34. The first kappa shape index (κ1) is 22.9. The number of hydrogen-bond donors (Lipinski definition) is 0. The fraction of sp³-hybridized carbons (Fsp3) is 0.227. The highest BCUT2D eigenvalue weighted by Gasteiger charge is 2.33. The summed E-state index contributed by atoms with van der Waals surface area (Å²) < 4.78 is 41.7. The minimum Gasteiger partial charge on any atom is -0.485 e. The van der Waals surface area contributed by atoms with Crippen molar-refractivity contribution in [3.8, 4) is 11.5 Å². The molecule has 0 radical (unpaired) electrons. The fourth-order valence-electron chi connectivity index (χ4n) is 3.51. The second kappa shape index (κ2) is 9.72. The Hall–Kier alpha value is -3.24. The van der Waals surface area contributed by atoms with Crippen LogP contribution in [0.3, 0.4) is 0 Å². The summed E-state index contributed by atoms with van der Waals surface area (Å²) in [6.07, 6.45) is 4.91. The lowest BCUT2D eigenvalue weighted by Crippen LogP contribution is -2.47. The summed E-state index contributed by atoms with van der Waals surface area (Å²) in [5.74, 6) is -0.762. The number of carbonyl (C=O) groups excluding carboxylic acids is 1. The number of thiazole rings is 1. The van der Waals surface area contributed by atoms with Gasteiger partial charge in [0.15, 0.2) is 22.4 Å². The number of imidazole rings is 1. The molecular formula is C22H19ClF2N4O3S. The quantitative estimate of drug-likeness (QED) is 0.397. The Kier molecular flexibility index (Phi) is 6.75. The summed E-state index contributed by atoms with van der Waals surface area (Å²) in [7, 11) is 0. The number of rotatable bonds is 6. The normalized spacial score (nSPS) is 14.7. The predicted octanol–water partition coefficient (Wildman–Crippen LogP) is 4.46. The summed E-state index contributed by atoms with van der Waals surface area (Å²) in [4.78, 5) is 23.2. The zero-order valence-electron chi connectivity index (χ0n) is 17.2. The van der Waals surface area contributed by atoms with Crippen LogP contribution in [-0.4, -0.2) is 39.7 Å². The van der Waals surface area contributed by atoms with E-state index in [-0.39, 0.29) is 35.6 Å². The lowest BCUT2D eigenvalue weighted by molar-refractivity contribution is -0.127. The maximum absolute atomic E-state index is 14.2. The number of anilines is 1. The average Bonchev–Trinajstić information content (AvgIpc) is 3.46. The number of aromatic nitrogens is 3.